The van der Waals surface area contributed by atoms with Gasteiger partial charge in [-0.3, -0.25) is 4.79 Å². The summed E-state index contributed by atoms with van der Waals surface area (Å²) in [7, 11) is 0. The highest BCUT2D eigenvalue weighted by Gasteiger charge is 2.43. The van der Waals surface area contributed by atoms with E-state index in [0.29, 0.717) is 24.4 Å². The highest BCUT2D eigenvalue weighted by Crippen LogP contribution is 2.39. The van der Waals surface area contributed by atoms with Gasteiger partial charge in [-0.1, -0.05) is 19.3 Å². The van der Waals surface area contributed by atoms with Crippen LogP contribution in [0.5, 0.6) is 0 Å². The molecule has 1 heterocycles. The summed E-state index contributed by atoms with van der Waals surface area (Å²) in [5.41, 5.74) is -0.206. The molecular formula is C11H15NO3. The van der Waals surface area contributed by atoms with Gasteiger partial charge >= 0.3 is 5.97 Å². The third-order valence-electron chi connectivity index (χ3n) is 3.23. The first-order chi connectivity index (χ1) is 7.15. The van der Waals surface area contributed by atoms with Crippen LogP contribution >= 0.6 is 0 Å². The quantitative estimate of drug-likeness (QED) is 0.811. The van der Waals surface area contributed by atoms with E-state index in [1.807, 2.05) is 0 Å². The normalized spacial score (nSPS) is 20.1. The molecule has 1 N–H and O–H groups in total. The number of carboxylic acid groups (broad SMARTS) is 1. The molecule has 15 heavy (non-hydrogen) atoms. The molecule has 0 saturated heterocycles. The largest absolute Gasteiger partial charge is 0.481 e. The van der Waals surface area contributed by atoms with E-state index in [9.17, 15) is 9.90 Å². The van der Waals surface area contributed by atoms with E-state index in [4.69, 9.17) is 4.42 Å². The fourth-order valence-corrected chi connectivity index (χ4v) is 2.32. The van der Waals surface area contributed by atoms with Crippen molar-refractivity contribution in [3.8, 4) is 0 Å². The van der Waals surface area contributed by atoms with E-state index < -0.39 is 11.4 Å². The summed E-state index contributed by atoms with van der Waals surface area (Å²) in [5.74, 6) is -0.230. The molecule has 0 radical (unpaired) electrons. The number of aryl methyl sites for hydroxylation is 1. The fraction of sp³-hybridized carbons (Fsp3) is 0.636. The molecule has 0 bridgehead atoms. The highest BCUT2D eigenvalue weighted by molar-refractivity contribution is 5.80. The molecule has 0 unspecified atom stereocenters. The van der Waals surface area contributed by atoms with Crippen LogP contribution in [-0.2, 0) is 10.2 Å². The van der Waals surface area contributed by atoms with Crippen molar-refractivity contribution in [1.82, 2.24) is 4.98 Å². The van der Waals surface area contributed by atoms with Gasteiger partial charge < -0.3 is 9.52 Å². The minimum Gasteiger partial charge on any atom is -0.481 e. The molecule has 4 heteroatoms. The summed E-state index contributed by atoms with van der Waals surface area (Å²) in [5, 5.41) is 9.37. The molecule has 4 nitrogen and oxygen atoms in total. The minimum absolute atomic E-state index is 0.538. The zero-order chi connectivity index (χ0) is 10.9. The lowest BCUT2D eigenvalue weighted by Crippen LogP contribution is -2.38. The number of hydrogen-bond donors (Lipinski definition) is 1. The molecule has 0 atom stereocenters. The maximum atomic E-state index is 11.4. The molecule has 1 aliphatic carbocycles. The van der Waals surface area contributed by atoms with Crippen molar-refractivity contribution in [3.05, 3.63) is 17.8 Å². The van der Waals surface area contributed by atoms with Crippen LogP contribution in [-0.4, -0.2) is 16.1 Å². The van der Waals surface area contributed by atoms with Crippen molar-refractivity contribution >= 4 is 5.97 Å². The Morgan fingerprint density at radius 3 is 2.60 bits per heavy atom. The highest BCUT2D eigenvalue weighted by atomic mass is 16.4. The summed E-state index contributed by atoms with van der Waals surface area (Å²) < 4.78 is 5.12. The van der Waals surface area contributed by atoms with Gasteiger partial charge in [-0.2, -0.15) is 0 Å². The molecule has 1 aromatic rings. The molecule has 0 amide bonds. The molecule has 1 aromatic heterocycles. The molecular weight excluding hydrogens is 194 g/mol. The van der Waals surface area contributed by atoms with Gasteiger partial charge in [-0.05, 0) is 12.8 Å². The van der Waals surface area contributed by atoms with E-state index in [0.717, 1.165) is 19.3 Å². The average Bonchev–Trinajstić information content (AvgIpc) is 2.66. The SMILES string of the molecule is Cc1nc(C2(C(=O)O)CCCCC2)co1. The van der Waals surface area contributed by atoms with E-state index in [2.05, 4.69) is 4.98 Å². The number of oxazole rings is 1. The van der Waals surface area contributed by atoms with Crippen LogP contribution in [0.15, 0.2) is 10.7 Å². The Morgan fingerprint density at radius 1 is 1.47 bits per heavy atom. The maximum absolute atomic E-state index is 11.4. The Labute approximate surface area is 88.3 Å². The molecule has 0 aromatic carbocycles. The second-order valence-corrected chi connectivity index (χ2v) is 4.20. The predicted molar refractivity (Wildman–Crippen MR) is 53.6 cm³/mol. The van der Waals surface area contributed by atoms with E-state index in [-0.39, 0.29) is 0 Å². The summed E-state index contributed by atoms with van der Waals surface area (Å²) in [6.07, 6.45) is 5.87. The van der Waals surface area contributed by atoms with Gasteiger partial charge in [0.05, 0.1) is 5.69 Å². The van der Waals surface area contributed by atoms with Crippen LogP contribution in [0.25, 0.3) is 0 Å². The summed E-state index contributed by atoms with van der Waals surface area (Å²) in [6.45, 7) is 1.74. The van der Waals surface area contributed by atoms with E-state index in [1.165, 1.54) is 6.26 Å². The van der Waals surface area contributed by atoms with E-state index in [1.54, 1.807) is 6.92 Å². The first-order valence-electron chi connectivity index (χ1n) is 5.31. The molecule has 1 aliphatic rings. The number of aromatic nitrogens is 1. The van der Waals surface area contributed by atoms with Crippen molar-refractivity contribution in [1.29, 1.82) is 0 Å². The topological polar surface area (TPSA) is 63.3 Å². The second-order valence-electron chi connectivity index (χ2n) is 4.20. The van der Waals surface area contributed by atoms with E-state index >= 15 is 0 Å². The first kappa shape index (κ1) is 10.2. The second kappa shape index (κ2) is 3.68. The monoisotopic (exact) mass is 209 g/mol. The van der Waals surface area contributed by atoms with Crippen LogP contribution in [0.3, 0.4) is 0 Å². The van der Waals surface area contributed by atoms with Gasteiger partial charge in [-0.25, -0.2) is 4.98 Å². The molecule has 1 saturated carbocycles. The minimum atomic E-state index is -0.796. The average molecular weight is 209 g/mol. The summed E-state index contributed by atoms with van der Waals surface area (Å²) in [4.78, 5) is 15.6. The summed E-state index contributed by atoms with van der Waals surface area (Å²) in [6, 6.07) is 0. The van der Waals surface area contributed by atoms with Crippen molar-refractivity contribution in [2.45, 2.75) is 44.4 Å². The van der Waals surface area contributed by atoms with Crippen molar-refractivity contribution in [3.63, 3.8) is 0 Å². The van der Waals surface area contributed by atoms with Crippen molar-refractivity contribution in [2.24, 2.45) is 0 Å². The number of rotatable bonds is 2. The van der Waals surface area contributed by atoms with Crippen LogP contribution in [0.1, 0.15) is 43.7 Å². The molecule has 0 spiro atoms. The first-order valence-corrected chi connectivity index (χ1v) is 5.31. The Hall–Kier alpha value is -1.32. The van der Waals surface area contributed by atoms with Gasteiger partial charge in [0.2, 0.25) is 0 Å². The molecule has 1 fully saturated rings. The maximum Gasteiger partial charge on any atom is 0.315 e. The number of carbonyl (C=O) groups is 1. The van der Waals surface area contributed by atoms with Crippen LogP contribution in [0.4, 0.5) is 0 Å². The lowest BCUT2D eigenvalue weighted by Gasteiger charge is -2.30. The molecule has 2 rings (SSSR count). The lowest BCUT2D eigenvalue weighted by molar-refractivity contribution is -0.145. The van der Waals surface area contributed by atoms with Gasteiger partial charge in [0.25, 0.3) is 0 Å². The Bertz CT molecular complexity index is 364. The lowest BCUT2D eigenvalue weighted by atomic mass is 9.72. The zero-order valence-corrected chi connectivity index (χ0v) is 8.82. The van der Waals surface area contributed by atoms with Crippen LogP contribution in [0.2, 0.25) is 0 Å². The van der Waals surface area contributed by atoms with Crippen molar-refractivity contribution < 1.29 is 14.3 Å². The zero-order valence-electron chi connectivity index (χ0n) is 8.82. The van der Waals surface area contributed by atoms with Crippen LogP contribution < -0.4 is 0 Å². The molecule has 0 aliphatic heterocycles. The number of nitrogens with zero attached hydrogens (tertiary/aromatic N) is 1. The third kappa shape index (κ3) is 1.64. The van der Waals surface area contributed by atoms with Gasteiger partial charge in [0, 0.05) is 6.92 Å². The smallest absolute Gasteiger partial charge is 0.315 e. The predicted octanol–water partition coefficient (Wildman–Crippen LogP) is 2.27. The van der Waals surface area contributed by atoms with Crippen LogP contribution in [0, 0.1) is 6.92 Å². The van der Waals surface area contributed by atoms with Gasteiger partial charge in [-0.15, -0.1) is 0 Å². The number of hydrogen-bond acceptors (Lipinski definition) is 3. The standard InChI is InChI=1S/C11H15NO3/c1-8-12-9(7-15-8)11(10(13)14)5-3-2-4-6-11/h7H,2-6H2,1H3,(H,13,14). The Balaban J connectivity index is 2.37. The molecule has 82 valence electrons. The summed E-state index contributed by atoms with van der Waals surface area (Å²) >= 11 is 0. The fourth-order valence-electron chi connectivity index (χ4n) is 2.32. The van der Waals surface area contributed by atoms with Gasteiger partial charge in [0.1, 0.15) is 11.7 Å². The number of carboxylic acids is 1. The Kier molecular flexibility index (Phi) is 2.50. The Morgan fingerprint density at radius 2 is 2.13 bits per heavy atom. The third-order valence-corrected chi connectivity index (χ3v) is 3.23. The van der Waals surface area contributed by atoms with Crippen molar-refractivity contribution in [2.75, 3.05) is 0 Å². The number of aliphatic carboxylic acids is 1. The van der Waals surface area contributed by atoms with Gasteiger partial charge in [0.15, 0.2) is 5.89 Å².